The molecule has 4 nitrogen and oxygen atoms in total. The van der Waals surface area contributed by atoms with Gasteiger partial charge in [-0.05, 0) is 0 Å². The molecule has 0 spiro atoms. The van der Waals surface area contributed by atoms with Crippen molar-refractivity contribution in [2.24, 2.45) is 0 Å². The topological polar surface area (TPSA) is 80.6 Å². The van der Waals surface area contributed by atoms with Crippen LogP contribution in [-0.2, 0) is 4.57 Å². The molecule has 0 fully saturated rings. The normalized spacial score (nSPS) is 9.83. The largest absolute Gasteiger partial charge is 1.00 e. The molecule has 0 rings (SSSR count). The molecule has 0 aromatic carbocycles. The summed E-state index contributed by atoms with van der Waals surface area (Å²) in [5.74, 6) is 0. The van der Waals surface area contributed by atoms with Crippen molar-refractivity contribution in [2.75, 3.05) is 0 Å². The van der Waals surface area contributed by atoms with Crippen LogP contribution in [0.3, 0.4) is 0 Å². The van der Waals surface area contributed by atoms with Gasteiger partial charge in [0.1, 0.15) is 0 Å². The van der Waals surface area contributed by atoms with Gasteiger partial charge in [0.25, 0.3) is 7.82 Å². The monoisotopic (exact) mass is 122 g/mol. The second-order valence-corrected chi connectivity index (χ2v) is 1.47. The van der Waals surface area contributed by atoms with Gasteiger partial charge in [-0.25, -0.2) is 0 Å². The van der Waals surface area contributed by atoms with Crippen LogP contribution in [0.25, 0.3) is 0 Å². The van der Waals surface area contributed by atoms with E-state index < -0.39 is 7.82 Å². The Morgan fingerprint density at radius 2 is 1.67 bits per heavy atom. The molecule has 0 atom stereocenters. The van der Waals surface area contributed by atoms with Crippen molar-refractivity contribution in [1.82, 2.24) is 0 Å². The molecule has 0 saturated heterocycles. The first-order valence-electron chi connectivity index (χ1n) is 0.765. The maximum absolute atomic E-state index is 8.77. The minimum absolute atomic E-state index is 0. The molecule has 6 heteroatoms. The first-order chi connectivity index (χ1) is 2.00. The zero-order chi connectivity index (χ0) is 4.50. The van der Waals surface area contributed by atoms with Crippen molar-refractivity contribution in [3.05, 3.63) is 0 Å². The van der Waals surface area contributed by atoms with E-state index in [0.29, 0.717) is 0 Å². The zero-order valence-electron chi connectivity index (χ0n) is 3.16. The van der Waals surface area contributed by atoms with Gasteiger partial charge < -0.3 is 14.7 Å². The average Bonchev–Trinajstić information content (AvgIpc) is 0.722. The van der Waals surface area contributed by atoms with E-state index in [1.807, 2.05) is 0 Å². The first kappa shape index (κ1) is 10.2. The summed E-state index contributed by atoms with van der Waals surface area (Å²) in [5, 5.41) is 0. The van der Waals surface area contributed by atoms with Crippen molar-refractivity contribution in [2.45, 2.75) is 0 Å². The molecule has 6 heavy (non-hydrogen) atoms. The van der Waals surface area contributed by atoms with E-state index in [-0.39, 0.29) is 31.0 Å². The summed E-state index contributed by atoms with van der Waals surface area (Å²) in [7, 11) is -4.89. The molecule has 0 aromatic heterocycles. The molecule has 0 heterocycles. The van der Waals surface area contributed by atoms with E-state index in [2.05, 4.69) is 0 Å². The number of hydrogen-bond donors (Lipinski definition) is 2. The molecule has 0 radical (unpaired) electrons. The maximum Gasteiger partial charge on any atom is 1.00 e. The van der Waals surface area contributed by atoms with Crippen molar-refractivity contribution < 1.29 is 50.2 Å². The Morgan fingerprint density at radius 1 is 1.67 bits per heavy atom. The Balaban J connectivity index is -0.0000000800. The van der Waals surface area contributed by atoms with E-state index in [1.54, 1.807) is 0 Å². The quantitative estimate of drug-likeness (QED) is 0.251. The fourth-order valence-electron chi connectivity index (χ4n) is 0. The molecule has 0 aromatic rings. The van der Waals surface area contributed by atoms with Crippen LogP contribution in [0.1, 0.15) is 1.43 Å². The van der Waals surface area contributed by atoms with Gasteiger partial charge in [-0.2, -0.15) is 0 Å². The minimum atomic E-state index is -4.89. The van der Waals surface area contributed by atoms with Crippen LogP contribution in [0.15, 0.2) is 0 Å². The molecule has 2 N–H and O–H groups in total. The van der Waals surface area contributed by atoms with Crippen molar-refractivity contribution in [3.63, 3.8) is 0 Å². The molecule has 0 saturated carbocycles. The Hall–Kier alpha value is 1.11. The molecule has 0 bridgehead atoms. The Bertz CT molecular complexity index is 57.8. The van der Waals surface area contributed by atoms with Gasteiger partial charge in [0, 0.05) is 1.43 Å². The second-order valence-electron chi connectivity index (χ2n) is 0.491. The van der Waals surface area contributed by atoms with Gasteiger partial charge in [-0.3, -0.25) is 4.57 Å². The van der Waals surface area contributed by atoms with Crippen LogP contribution in [0.5, 0.6) is 0 Å². The van der Waals surface area contributed by atoms with Crippen LogP contribution >= 0.6 is 7.82 Å². The molecule has 0 amide bonds. The number of phosphoric acid groups is 1. The summed E-state index contributed by atoms with van der Waals surface area (Å²) in [6.45, 7) is 0. The third kappa shape index (κ3) is 70.1. The van der Waals surface area contributed by atoms with E-state index in [9.17, 15) is 0 Å². The maximum atomic E-state index is 8.77. The fraction of sp³-hybridized carbons (Fsp3) is 0. The summed E-state index contributed by atoms with van der Waals surface area (Å²) in [4.78, 5) is 22.9. The van der Waals surface area contributed by atoms with E-state index in [4.69, 9.17) is 19.2 Å². The summed E-state index contributed by atoms with van der Waals surface area (Å²) in [6, 6.07) is 0. The van der Waals surface area contributed by atoms with Crippen LogP contribution in [0.4, 0.5) is 0 Å². The van der Waals surface area contributed by atoms with E-state index in [1.165, 1.54) is 0 Å². The molecule has 0 aliphatic heterocycles. The van der Waals surface area contributed by atoms with Gasteiger partial charge in [0.05, 0.1) is 0 Å². The molecular weight excluding hydrogens is 118 g/mol. The summed E-state index contributed by atoms with van der Waals surface area (Å²) in [6.07, 6.45) is 0. The molecule has 0 aliphatic rings. The van der Waals surface area contributed by atoms with E-state index in [0.717, 1.165) is 0 Å². The van der Waals surface area contributed by atoms with Gasteiger partial charge >= 0.3 is 29.6 Å². The Labute approximate surface area is 58.2 Å². The molecule has 0 unspecified atom stereocenters. The third-order valence-electron chi connectivity index (χ3n) is 0. The van der Waals surface area contributed by atoms with Gasteiger partial charge in [0.15, 0.2) is 0 Å². The fourth-order valence-corrected chi connectivity index (χ4v) is 0. The smallest absolute Gasteiger partial charge is 0.756 e. The van der Waals surface area contributed by atoms with E-state index >= 15 is 0 Å². The summed E-state index contributed by atoms with van der Waals surface area (Å²) in [5.41, 5.74) is 0. The van der Waals surface area contributed by atoms with Crippen molar-refractivity contribution >= 4 is 7.82 Å². The standard InChI is InChI=1S/Na.H3O4P.H2/c;1-5(2,3)4;/h;(H3,1,2,3,4);1H/q+1;;/p-1. The third-order valence-corrected chi connectivity index (χ3v) is 0. The predicted molar refractivity (Wildman–Crippen MR) is 14.2 cm³/mol. The zero-order valence-corrected chi connectivity index (χ0v) is 6.05. The predicted octanol–water partition coefficient (Wildman–Crippen LogP) is -4.31. The Morgan fingerprint density at radius 3 is 1.67 bits per heavy atom. The van der Waals surface area contributed by atoms with Gasteiger partial charge in [-0.15, -0.1) is 0 Å². The Kier molecular flexibility index (Phi) is 5.35. The van der Waals surface area contributed by atoms with Crippen LogP contribution in [0.2, 0.25) is 0 Å². The molecule has 0 aliphatic carbocycles. The summed E-state index contributed by atoms with van der Waals surface area (Å²) >= 11 is 0. The SMILES string of the molecule is O=P([O-])(O)O.[HH].[Na+]. The molecular formula is H4NaO4P. The van der Waals surface area contributed by atoms with Crippen LogP contribution in [-0.4, -0.2) is 9.79 Å². The van der Waals surface area contributed by atoms with Crippen LogP contribution in [0, 0.1) is 0 Å². The van der Waals surface area contributed by atoms with Crippen LogP contribution < -0.4 is 34.5 Å². The number of rotatable bonds is 0. The average molecular weight is 122 g/mol. The van der Waals surface area contributed by atoms with Gasteiger partial charge in [-0.1, -0.05) is 0 Å². The van der Waals surface area contributed by atoms with Crippen molar-refractivity contribution in [3.8, 4) is 0 Å². The summed E-state index contributed by atoms with van der Waals surface area (Å²) < 4.78 is 8.77. The number of hydrogen-bond acceptors (Lipinski definition) is 2. The molecule has 34 valence electrons. The minimum Gasteiger partial charge on any atom is -0.756 e. The first-order valence-corrected chi connectivity index (χ1v) is 2.30. The second kappa shape index (κ2) is 3.16. The van der Waals surface area contributed by atoms with Crippen molar-refractivity contribution in [1.29, 1.82) is 0 Å². The van der Waals surface area contributed by atoms with Gasteiger partial charge in [0.2, 0.25) is 0 Å².